The normalized spacial score (nSPS) is 9.69. The Bertz CT molecular complexity index is 309. The van der Waals surface area contributed by atoms with Gasteiger partial charge in [-0.25, -0.2) is 15.2 Å². The van der Waals surface area contributed by atoms with Crippen LogP contribution in [0.3, 0.4) is 0 Å². The largest absolute Gasteiger partial charge is 0.350 e. The first-order chi connectivity index (χ1) is 6.13. The van der Waals surface area contributed by atoms with Crippen molar-refractivity contribution in [3.8, 4) is 0 Å². The number of hydrogen-bond acceptors (Lipinski definition) is 4. The van der Waals surface area contributed by atoms with Gasteiger partial charge in [-0.1, -0.05) is 6.92 Å². The van der Waals surface area contributed by atoms with Gasteiger partial charge < -0.3 is 5.73 Å². The summed E-state index contributed by atoms with van der Waals surface area (Å²) in [7, 11) is 0. The molecule has 72 valence electrons. The number of nitrogens with one attached hydrogen (secondary N) is 2. The van der Waals surface area contributed by atoms with Crippen molar-refractivity contribution in [3.05, 3.63) is 10.6 Å². The Labute approximate surface area is 80.3 Å². The highest BCUT2D eigenvalue weighted by Crippen LogP contribution is 2.21. The number of hydrazine groups is 1. The van der Waals surface area contributed by atoms with Crippen molar-refractivity contribution in [2.24, 2.45) is 5.73 Å². The second-order valence-corrected chi connectivity index (χ2v) is 3.69. The summed E-state index contributed by atoms with van der Waals surface area (Å²) in [5.41, 5.74) is 10.8. The summed E-state index contributed by atoms with van der Waals surface area (Å²) in [6.45, 7) is 4.03. The van der Waals surface area contributed by atoms with Crippen LogP contribution in [0.15, 0.2) is 0 Å². The molecule has 6 heteroatoms. The van der Waals surface area contributed by atoms with Gasteiger partial charge in [0.2, 0.25) is 5.13 Å². The molecular formula is C7H12N4OS. The molecule has 0 spiro atoms. The van der Waals surface area contributed by atoms with Gasteiger partial charge in [-0.3, -0.25) is 5.43 Å². The Morgan fingerprint density at radius 3 is 2.85 bits per heavy atom. The predicted molar refractivity (Wildman–Crippen MR) is 52.6 cm³/mol. The fourth-order valence-corrected chi connectivity index (χ4v) is 1.78. The van der Waals surface area contributed by atoms with Gasteiger partial charge in [0.25, 0.3) is 0 Å². The highest BCUT2D eigenvalue weighted by atomic mass is 32.1. The van der Waals surface area contributed by atoms with E-state index in [1.807, 2.05) is 13.8 Å². The number of carbonyl (C=O) groups excluding carboxylic acids is 1. The molecule has 0 aromatic carbocycles. The highest BCUT2D eigenvalue weighted by molar-refractivity contribution is 7.15. The standard InChI is InChI=1S/C7H12N4OS/c1-3-5-4(2)13-7(9-5)11-10-6(8)12/h3H2,1-2H3,(H,9,11)(H3,8,10,12). The number of rotatable bonds is 3. The monoisotopic (exact) mass is 200 g/mol. The van der Waals surface area contributed by atoms with Crippen molar-refractivity contribution in [3.63, 3.8) is 0 Å². The SMILES string of the molecule is CCc1nc(NNC(N)=O)sc1C. The van der Waals surface area contributed by atoms with Gasteiger partial charge in [0.05, 0.1) is 5.69 Å². The molecule has 0 saturated heterocycles. The van der Waals surface area contributed by atoms with Crippen molar-refractivity contribution in [1.29, 1.82) is 0 Å². The van der Waals surface area contributed by atoms with Crippen LogP contribution in [0.25, 0.3) is 0 Å². The van der Waals surface area contributed by atoms with Crippen molar-refractivity contribution >= 4 is 22.5 Å². The van der Waals surface area contributed by atoms with E-state index >= 15 is 0 Å². The smallest absolute Gasteiger partial charge is 0.330 e. The van der Waals surface area contributed by atoms with Crippen LogP contribution >= 0.6 is 11.3 Å². The first-order valence-corrected chi connectivity index (χ1v) is 4.73. The molecule has 1 aromatic rings. The molecule has 0 atom stereocenters. The zero-order valence-electron chi connectivity index (χ0n) is 7.55. The summed E-state index contributed by atoms with van der Waals surface area (Å²) in [6, 6.07) is -0.620. The molecule has 0 saturated carbocycles. The first kappa shape index (κ1) is 9.79. The lowest BCUT2D eigenvalue weighted by molar-refractivity contribution is 0.250. The average Bonchev–Trinajstić information content (AvgIpc) is 2.43. The van der Waals surface area contributed by atoms with Gasteiger partial charge in [0.1, 0.15) is 0 Å². The molecule has 0 unspecified atom stereocenters. The van der Waals surface area contributed by atoms with Crippen LogP contribution in [0.5, 0.6) is 0 Å². The summed E-state index contributed by atoms with van der Waals surface area (Å²) >= 11 is 1.49. The predicted octanol–water partition coefficient (Wildman–Crippen LogP) is 1.01. The number of primary amides is 1. The van der Waals surface area contributed by atoms with Crippen molar-refractivity contribution in [1.82, 2.24) is 10.4 Å². The number of nitrogens with two attached hydrogens (primary N) is 1. The van der Waals surface area contributed by atoms with Crippen LogP contribution in [0.2, 0.25) is 0 Å². The Morgan fingerprint density at radius 1 is 1.69 bits per heavy atom. The summed E-state index contributed by atoms with van der Waals surface area (Å²) in [5.74, 6) is 0. The minimum atomic E-state index is -0.620. The van der Waals surface area contributed by atoms with E-state index in [4.69, 9.17) is 5.73 Å². The van der Waals surface area contributed by atoms with E-state index in [0.29, 0.717) is 5.13 Å². The minimum absolute atomic E-state index is 0.620. The number of urea groups is 1. The second kappa shape index (κ2) is 4.08. The molecule has 0 aliphatic rings. The molecule has 1 aromatic heterocycles. The van der Waals surface area contributed by atoms with Crippen LogP contribution < -0.4 is 16.6 Å². The van der Waals surface area contributed by atoms with Crippen LogP contribution in [-0.2, 0) is 6.42 Å². The molecule has 1 rings (SSSR count). The second-order valence-electron chi connectivity index (χ2n) is 2.49. The molecule has 13 heavy (non-hydrogen) atoms. The molecule has 0 fully saturated rings. The molecule has 0 bridgehead atoms. The Morgan fingerprint density at radius 2 is 2.38 bits per heavy atom. The van der Waals surface area contributed by atoms with E-state index in [1.165, 1.54) is 11.3 Å². The quantitative estimate of drug-likeness (QED) is 0.637. The zero-order chi connectivity index (χ0) is 9.84. The van der Waals surface area contributed by atoms with Crippen molar-refractivity contribution < 1.29 is 4.79 Å². The topological polar surface area (TPSA) is 80.0 Å². The number of aromatic nitrogens is 1. The Balaban J connectivity index is 2.62. The van der Waals surface area contributed by atoms with E-state index in [0.717, 1.165) is 17.0 Å². The van der Waals surface area contributed by atoms with Gasteiger partial charge in [-0.2, -0.15) is 0 Å². The zero-order valence-corrected chi connectivity index (χ0v) is 8.36. The van der Waals surface area contributed by atoms with Crippen molar-refractivity contribution in [2.45, 2.75) is 20.3 Å². The minimum Gasteiger partial charge on any atom is -0.350 e. The fraction of sp³-hybridized carbons (Fsp3) is 0.429. The lowest BCUT2D eigenvalue weighted by atomic mass is 10.3. The third-order valence-corrected chi connectivity index (χ3v) is 2.45. The van der Waals surface area contributed by atoms with Crippen molar-refractivity contribution in [2.75, 3.05) is 5.43 Å². The van der Waals surface area contributed by atoms with Gasteiger partial charge >= 0.3 is 6.03 Å². The third kappa shape index (κ3) is 2.59. The van der Waals surface area contributed by atoms with Crippen LogP contribution in [0, 0.1) is 6.92 Å². The number of anilines is 1. The highest BCUT2D eigenvalue weighted by Gasteiger charge is 2.04. The number of hydrogen-bond donors (Lipinski definition) is 3. The summed E-state index contributed by atoms with van der Waals surface area (Å²) in [5, 5.41) is 0.660. The summed E-state index contributed by atoms with van der Waals surface area (Å²) < 4.78 is 0. The van der Waals surface area contributed by atoms with Gasteiger partial charge in [-0.05, 0) is 13.3 Å². The molecule has 4 N–H and O–H groups in total. The third-order valence-electron chi connectivity index (χ3n) is 1.52. The maximum atomic E-state index is 10.4. The molecule has 1 heterocycles. The molecule has 0 aliphatic heterocycles. The first-order valence-electron chi connectivity index (χ1n) is 3.91. The van der Waals surface area contributed by atoms with Crippen LogP contribution in [-0.4, -0.2) is 11.0 Å². The van der Waals surface area contributed by atoms with Gasteiger partial charge in [0.15, 0.2) is 0 Å². The van der Waals surface area contributed by atoms with E-state index in [9.17, 15) is 4.79 Å². The average molecular weight is 200 g/mol. The van der Waals surface area contributed by atoms with Gasteiger partial charge in [0, 0.05) is 4.88 Å². The van der Waals surface area contributed by atoms with E-state index in [1.54, 1.807) is 0 Å². The van der Waals surface area contributed by atoms with E-state index in [-0.39, 0.29) is 0 Å². The number of carbonyl (C=O) groups is 1. The van der Waals surface area contributed by atoms with E-state index < -0.39 is 6.03 Å². The maximum Gasteiger partial charge on any atom is 0.330 e. The molecule has 2 amide bonds. The Hall–Kier alpha value is -1.30. The summed E-state index contributed by atoms with van der Waals surface area (Å²) in [6.07, 6.45) is 0.889. The number of amides is 2. The van der Waals surface area contributed by atoms with Crippen LogP contribution in [0.4, 0.5) is 9.93 Å². The number of nitrogens with zero attached hydrogens (tertiary/aromatic N) is 1. The lowest BCUT2D eigenvalue weighted by Gasteiger charge is -1.99. The molecule has 0 radical (unpaired) electrons. The number of thiazole rings is 1. The molecular weight excluding hydrogens is 188 g/mol. The Kier molecular flexibility index (Phi) is 3.07. The van der Waals surface area contributed by atoms with Crippen LogP contribution in [0.1, 0.15) is 17.5 Å². The number of aryl methyl sites for hydroxylation is 2. The molecule has 5 nitrogen and oxygen atoms in total. The lowest BCUT2D eigenvalue weighted by Crippen LogP contribution is -2.34. The van der Waals surface area contributed by atoms with Gasteiger partial charge in [-0.15, -0.1) is 11.3 Å². The summed E-state index contributed by atoms with van der Waals surface area (Å²) in [4.78, 5) is 15.7. The maximum absolute atomic E-state index is 10.4. The fourth-order valence-electron chi connectivity index (χ4n) is 0.925. The molecule has 0 aliphatic carbocycles. The van der Waals surface area contributed by atoms with E-state index in [2.05, 4.69) is 15.8 Å².